The average Bonchev–Trinajstić information content (AvgIpc) is 3.10. The summed E-state index contributed by atoms with van der Waals surface area (Å²) in [6, 6.07) is 5.03. The van der Waals surface area contributed by atoms with Crippen molar-refractivity contribution in [3.05, 3.63) is 66.4 Å². The largest absolute Gasteiger partial charge is 0.530 e. The number of aromatic nitrogens is 2. The Bertz CT molecular complexity index is 1180. The van der Waals surface area contributed by atoms with Gasteiger partial charge in [-0.25, -0.2) is 9.36 Å². The number of phosphoric ester groups is 1. The van der Waals surface area contributed by atoms with Crippen LogP contribution >= 0.6 is 35.4 Å². The van der Waals surface area contributed by atoms with E-state index in [4.69, 9.17) is 29.9 Å². The minimum atomic E-state index is -3.98. The van der Waals surface area contributed by atoms with Crippen molar-refractivity contribution in [2.24, 2.45) is 0 Å². The average molecular weight is 536 g/mol. The Morgan fingerprint density at radius 3 is 3.00 bits per heavy atom. The van der Waals surface area contributed by atoms with E-state index >= 15 is 0 Å². The van der Waals surface area contributed by atoms with Crippen LogP contribution in [0.5, 0.6) is 5.75 Å². The molecule has 3 heterocycles. The second-order valence-electron chi connectivity index (χ2n) is 6.81. The molecule has 0 spiro atoms. The van der Waals surface area contributed by atoms with E-state index in [1.54, 1.807) is 18.2 Å². The molecule has 2 aliphatic heterocycles. The van der Waals surface area contributed by atoms with Crippen LogP contribution in [0.1, 0.15) is 23.8 Å². The molecule has 1 saturated heterocycles. The van der Waals surface area contributed by atoms with Crippen LogP contribution in [0.25, 0.3) is 6.08 Å². The molecule has 2 aromatic rings. The van der Waals surface area contributed by atoms with E-state index in [9.17, 15) is 19.3 Å². The fourth-order valence-corrected chi connectivity index (χ4v) is 5.04. The van der Waals surface area contributed by atoms with Crippen molar-refractivity contribution in [2.75, 3.05) is 6.61 Å². The summed E-state index contributed by atoms with van der Waals surface area (Å²) >= 11 is 9.16. The highest BCUT2D eigenvalue weighted by molar-refractivity contribution is 9.11. The summed E-state index contributed by atoms with van der Waals surface area (Å²) in [4.78, 5) is 27.7. The first-order valence-electron chi connectivity index (χ1n) is 9.11. The molecule has 31 heavy (non-hydrogen) atoms. The molecule has 4 atom stereocenters. The molecule has 1 fully saturated rings. The fourth-order valence-electron chi connectivity index (χ4n) is 3.22. The Balaban J connectivity index is 1.45. The molecular weight excluding hydrogens is 519 g/mol. The van der Waals surface area contributed by atoms with Gasteiger partial charge < -0.3 is 14.4 Å². The first-order chi connectivity index (χ1) is 14.8. The van der Waals surface area contributed by atoms with Crippen molar-refractivity contribution in [2.45, 2.75) is 31.5 Å². The number of nitrogens with one attached hydrogen (secondary N) is 1. The lowest BCUT2D eigenvalue weighted by Crippen LogP contribution is -2.33. The van der Waals surface area contributed by atoms with Gasteiger partial charge in [0.1, 0.15) is 12.3 Å². The van der Waals surface area contributed by atoms with Gasteiger partial charge in [-0.3, -0.25) is 23.4 Å². The number of benzene rings is 1. The number of halogens is 2. The van der Waals surface area contributed by atoms with Crippen LogP contribution in [0.15, 0.2) is 39.0 Å². The number of hydrogen-bond acceptors (Lipinski definition) is 8. The maximum Gasteiger partial charge on any atom is 0.530 e. The molecule has 166 valence electrons. The van der Waals surface area contributed by atoms with Crippen molar-refractivity contribution in [3.8, 4) is 5.75 Å². The predicted molar refractivity (Wildman–Crippen MR) is 114 cm³/mol. The summed E-state index contributed by atoms with van der Waals surface area (Å²) in [6.07, 6.45) is 0.0507. The fraction of sp³-hybridized carbons (Fsp3) is 0.333. The lowest BCUT2D eigenvalue weighted by molar-refractivity contribution is -0.0468. The SMILES string of the molecule is O=c1[nH]c(=O)n([C@H]2C[C@H](O)[C@@H](COP3(=O)OCc4cccc(Cl)c4O3)O2)cc1/C=C/Br. The van der Waals surface area contributed by atoms with E-state index in [0.29, 0.717) is 5.56 Å². The Labute approximate surface area is 189 Å². The predicted octanol–water partition coefficient (Wildman–Crippen LogP) is 2.94. The Morgan fingerprint density at radius 1 is 1.42 bits per heavy atom. The smallest absolute Gasteiger partial charge is 0.402 e. The molecule has 1 aromatic heterocycles. The molecule has 0 bridgehead atoms. The zero-order valence-electron chi connectivity index (χ0n) is 15.8. The third kappa shape index (κ3) is 4.73. The molecule has 13 heteroatoms. The van der Waals surface area contributed by atoms with Gasteiger partial charge in [0.2, 0.25) is 0 Å². The van der Waals surface area contributed by atoms with Crippen LogP contribution in [-0.2, 0) is 25.0 Å². The van der Waals surface area contributed by atoms with Crippen molar-refractivity contribution < 1.29 is 28.0 Å². The standard InChI is InChI=1S/C18H17BrClN2O8P/c19-5-4-10-7-22(18(25)21-17(10)24)15-6-13(23)14(29-15)9-28-31(26)27-8-11-2-1-3-12(20)16(11)30-31/h1-5,7,13-15,23H,6,8-9H2,(H,21,24,25)/b5-4+/t13-,14+,15+,31?/m0/s1. The number of aliphatic hydroxyl groups excluding tert-OH is 1. The topological polar surface area (TPSA) is 129 Å². The van der Waals surface area contributed by atoms with E-state index < -0.39 is 37.5 Å². The molecule has 1 unspecified atom stereocenters. The molecule has 0 amide bonds. The van der Waals surface area contributed by atoms with E-state index in [1.165, 1.54) is 21.8 Å². The highest BCUT2D eigenvalue weighted by Gasteiger charge is 2.40. The van der Waals surface area contributed by atoms with Gasteiger partial charge in [0.15, 0.2) is 5.75 Å². The van der Waals surface area contributed by atoms with Gasteiger partial charge in [0.05, 0.1) is 29.9 Å². The van der Waals surface area contributed by atoms with Gasteiger partial charge in [-0.1, -0.05) is 39.7 Å². The normalized spacial score (nSPS) is 27.9. The summed E-state index contributed by atoms with van der Waals surface area (Å²) < 4.78 is 35.6. The van der Waals surface area contributed by atoms with Crippen LogP contribution in [0, 0.1) is 0 Å². The molecule has 10 nitrogen and oxygen atoms in total. The number of aliphatic hydroxyl groups is 1. The zero-order chi connectivity index (χ0) is 22.2. The molecule has 0 saturated carbocycles. The number of hydrogen-bond donors (Lipinski definition) is 2. The maximum absolute atomic E-state index is 12.8. The number of aromatic amines is 1. The summed E-state index contributed by atoms with van der Waals surface area (Å²) in [7, 11) is -3.98. The van der Waals surface area contributed by atoms with Gasteiger partial charge >= 0.3 is 13.5 Å². The third-order valence-electron chi connectivity index (χ3n) is 4.78. The van der Waals surface area contributed by atoms with E-state index in [-0.39, 0.29) is 36.0 Å². The highest BCUT2D eigenvalue weighted by atomic mass is 79.9. The third-order valence-corrected chi connectivity index (χ3v) is 6.66. The number of nitrogens with zero attached hydrogens (tertiary/aromatic N) is 1. The number of fused-ring (bicyclic) bond motifs is 1. The van der Waals surface area contributed by atoms with Crippen molar-refractivity contribution in [1.29, 1.82) is 0 Å². The Kier molecular flexibility index (Phi) is 6.55. The van der Waals surface area contributed by atoms with Gasteiger partial charge in [-0.15, -0.1) is 0 Å². The van der Waals surface area contributed by atoms with Crippen LogP contribution in [0.3, 0.4) is 0 Å². The lowest BCUT2D eigenvalue weighted by Gasteiger charge is -2.26. The second kappa shape index (κ2) is 9.03. The minimum Gasteiger partial charge on any atom is -0.402 e. The van der Waals surface area contributed by atoms with Crippen LogP contribution in [-0.4, -0.2) is 33.5 Å². The first-order valence-corrected chi connectivity index (χ1v) is 11.9. The zero-order valence-corrected chi connectivity index (χ0v) is 19.0. The highest BCUT2D eigenvalue weighted by Crippen LogP contribution is 2.56. The molecule has 2 N–H and O–H groups in total. The minimum absolute atomic E-state index is 0.0134. The van der Waals surface area contributed by atoms with Crippen LogP contribution < -0.4 is 15.8 Å². The lowest BCUT2D eigenvalue weighted by atomic mass is 10.2. The van der Waals surface area contributed by atoms with Gasteiger partial charge in [0, 0.05) is 18.2 Å². The molecule has 2 aliphatic rings. The van der Waals surface area contributed by atoms with E-state index in [2.05, 4.69) is 20.9 Å². The number of rotatable bonds is 5. The number of phosphoric acid groups is 1. The first kappa shape index (κ1) is 22.5. The Morgan fingerprint density at radius 2 is 2.23 bits per heavy atom. The van der Waals surface area contributed by atoms with Gasteiger partial charge in [-0.05, 0) is 17.1 Å². The van der Waals surface area contributed by atoms with Gasteiger partial charge in [-0.2, -0.15) is 0 Å². The molecule has 0 radical (unpaired) electrons. The Hall–Kier alpha value is -1.72. The summed E-state index contributed by atoms with van der Waals surface area (Å²) in [5.74, 6) is 0.219. The molecule has 1 aromatic carbocycles. The van der Waals surface area contributed by atoms with Crippen molar-refractivity contribution in [1.82, 2.24) is 9.55 Å². The van der Waals surface area contributed by atoms with Crippen molar-refractivity contribution in [3.63, 3.8) is 0 Å². The van der Waals surface area contributed by atoms with E-state index in [1.807, 2.05) is 0 Å². The number of H-pyrrole nitrogens is 1. The molecule has 0 aliphatic carbocycles. The van der Waals surface area contributed by atoms with E-state index in [0.717, 1.165) is 0 Å². The van der Waals surface area contributed by atoms with Crippen LogP contribution in [0.4, 0.5) is 0 Å². The molecule has 4 rings (SSSR count). The number of ether oxygens (including phenoxy) is 1. The maximum atomic E-state index is 12.8. The second-order valence-corrected chi connectivity index (χ2v) is 9.34. The summed E-state index contributed by atoms with van der Waals surface area (Å²) in [6.45, 7) is -0.332. The summed E-state index contributed by atoms with van der Waals surface area (Å²) in [5, 5.41) is 10.6. The summed E-state index contributed by atoms with van der Waals surface area (Å²) in [5.41, 5.74) is -0.392. The van der Waals surface area contributed by atoms with Crippen LogP contribution in [0.2, 0.25) is 5.02 Å². The quantitative estimate of drug-likeness (QED) is 0.559. The molecular formula is C18H17BrClN2O8P. The number of para-hydroxylation sites is 1. The van der Waals surface area contributed by atoms with Gasteiger partial charge in [0.25, 0.3) is 5.56 Å². The van der Waals surface area contributed by atoms with Crippen molar-refractivity contribution >= 4 is 41.4 Å². The monoisotopic (exact) mass is 534 g/mol.